The SMILES string of the molecule is CCC(C)CN(C)S(=O)(=O)c1ccc(NN)cc1. The second-order valence-electron chi connectivity index (χ2n) is 4.47. The summed E-state index contributed by atoms with van der Waals surface area (Å²) in [5.41, 5.74) is 3.15. The van der Waals surface area contributed by atoms with Crippen LogP contribution in [0.5, 0.6) is 0 Å². The van der Waals surface area contributed by atoms with Crippen molar-refractivity contribution < 1.29 is 8.42 Å². The Hall–Kier alpha value is -1.11. The number of sulfonamides is 1. The molecule has 0 aliphatic heterocycles. The first-order valence-electron chi connectivity index (χ1n) is 5.94. The van der Waals surface area contributed by atoms with Gasteiger partial charge in [0.15, 0.2) is 0 Å². The van der Waals surface area contributed by atoms with Gasteiger partial charge >= 0.3 is 0 Å². The predicted molar refractivity (Wildman–Crippen MR) is 73.5 cm³/mol. The third kappa shape index (κ3) is 3.44. The lowest BCUT2D eigenvalue weighted by Crippen LogP contribution is -2.31. The van der Waals surface area contributed by atoms with Gasteiger partial charge in [0, 0.05) is 19.3 Å². The smallest absolute Gasteiger partial charge is 0.242 e. The van der Waals surface area contributed by atoms with Gasteiger partial charge in [0.2, 0.25) is 10.0 Å². The van der Waals surface area contributed by atoms with Gasteiger partial charge in [0.05, 0.1) is 4.90 Å². The molecule has 1 aromatic rings. The van der Waals surface area contributed by atoms with Crippen LogP contribution in [-0.2, 0) is 10.0 Å². The number of anilines is 1. The number of rotatable bonds is 6. The topological polar surface area (TPSA) is 75.4 Å². The van der Waals surface area contributed by atoms with Crippen LogP contribution in [-0.4, -0.2) is 26.3 Å². The minimum Gasteiger partial charge on any atom is -0.324 e. The maximum atomic E-state index is 12.3. The highest BCUT2D eigenvalue weighted by Crippen LogP contribution is 2.18. The monoisotopic (exact) mass is 271 g/mol. The molecule has 0 heterocycles. The molecule has 6 heteroatoms. The van der Waals surface area contributed by atoms with Gasteiger partial charge in [0.1, 0.15) is 0 Å². The summed E-state index contributed by atoms with van der Waals surface area (Å²) in [5, 5.41) is 0. The largest absolute Gasteiger partial charge is 0.324 e. The number of hydrogen-bond donors (Lipinski definition) is 2. The zero-order chi connectivity index (χ0) is 13.8. The highest BCUT2D eigenvalue weighted by Gasteiger charge is 2.21. The van der Waals surface area contributed by atoms with Gasteiger partial charge in [-0.2, -0.15) is 0 Å². The van der Waals surface area contributed by atoms with Crippen molar-refractivity contribution in [3.8, 4) is 0 Å². The van der Waals surface area contributed by atoms with E-state index in [1.165, 1.54) is 4.31 Å². The number of nitrogen functional groups attached to an aromatic ring is 1. The van der Waals surface area contributed by atoms with E-state index in [-0.39, 0.29) is 4.90 Å². The van der Waals surface area contributed by atoms with Crippen molar-refractivity contribution in [3.63, 3.8) is 0 Å². The molecule has 0 amide bonds. The molecule has 5 nitrogen and oxygen atoms in total. The summed E-state index contributed by atoms with van der Waals surface area (Å²) >= 11 is 0. The van der Waals surface area contributed by atoms with E-state index in [1.807, 2.05) is 13.8 Å². The van der Waals surface area contributed by atoms with Crippen molar-refractivity contribution in [2.24, 2.45) is 11.8 Å². The van der Waals surface area contributed by atoms with Crippen molar-refractivity contribution in [3.05, 3.63) is 24.3 Å². The summed E-state index contributed by atoms with van der Waals surface area (Å²) in [6.45, 7) is 4.61. The summed E-state index contributed by atoms with van der Waals surface area (Å²) in [6, 6.07) is 6.39. The lowest BCUT2D eigenvalue weighted by molar-refractivity contribution is 0.393. The van der Waals surface area contributed by atoms with Crippen LogP contribution >= 0.6 is 0 Å². The molecule has 18 heavy (non-hydrogen) atoms. The molecule has 0 saturated heterocycles. The van der Waals surface area contributed by atoms with Crippen molar-refractivity contribution >= 4 is 15.7 Å². The Bertz CT molecular complexity index is 471. The van der Waals surface area contributed by atoms with Gasteiger partial charge in [-0.15, -0.1) is 0 Å². The third-order valence-electron chi connectivity index (χ3n) is 2.99. The molecule has 0 fully saturated rings. The Balaban J connectivity index is 2.90. The molecule has 0 radical (unpaired) electrons. The second kappa shape index (κ2) is 6.17. The van der Waals surface area contributed by atoms with Gasteiger partial charge in [-0.25, -0.2) is 12.7 Å². The van der Waals surface area contributed by atoms with E-state index in [9.17, 15) is 8.42 Å². The molecule has 0 aliphatic rings. The normalized spacial score (nSPS) is 13.6. The van der Waals surface area contributed by atoms with E-state index in [4.69, 9.17) is 5.84 Å². The Morgan fingerprint density at radius 2 is 1.89 bits per heavy atom. The minimum absolute atomic E-state index is 0.285. The van der Waals surface area contributed by atoms with E-state index < -0.39 is 10.0 Å². The van der Waals surface area contributed by atoms with E-state index in [1.54, 1.807) is 31.3 Å². The molecule has 102 valence electrons. The van der Waals surface area contributed by atoms with Crippen LogP contribution in [0.1, 0.15) is 20.3 Å². The highest BCUT2D eigenvalue weighted by molar-refractivity contribution is 7.89. The van der Waals surface area contributed by atoms with E-state index >= 15 is 0 Å². The number of nitrogens with two attached hydrogens (primary N) is 1. The maximum Gasteiger partial charge on any atom is 0.242 e. The second-order valence-corrected chi connectivity index (χ2v) is 6.51. The Labute approximate surface area is 109 Å². The molecule has 1 aromatic carbocycles. The van der Waals surface area contributed by atoms with Gasteiger partial charge < -0.3 is 5.43 Å². The van der Waals surface area contributed by atoms with Crippen molar-refractivity contribution in [1.82, 2.24) is 4.31 Å². The average molecular weight is 271 g/mol. The van der Waals surface area contributed by atoms with E-state index in [2.05, 4.69) is 5.43 Å². The molecule has 0 spiro atoms. The third-order valence-corrected chi connectivity index (χ3v) is 4.83. The molecular formula is C12H21N3O2S. The van der Waals surface area contributed by atoms with Crippen LogP contribution in [0.25, 0.3) is 0 Å². The van der Waals surface area contributed by atoms with Gasteiger partial charge in [0.25, 0.3) is 0 Å². The Morgan fingerprint density at radius 1 is 1.33 bits per heavy atom. The fourth-order valence-corrected chi connectivity index (χ4v) is 2.86. The lowest BCUT2D eigenvalue weighted by atomic mass is 10.1. The summed E-state index contributed by atoms with van der Waals surface area (Å²) in [6.07, 6.45) is 0.954. The van der Waals surface area contributed by atoms with Gasteiger partial charge in [-0.3, -0.25) is 5.84 Å². The Kier molecular flexibility index (Phi) is 5.13. The number of nitrogens with zero attached hydrogens (tertiary/aromatic N) is 1. The van der Waals surface area contributed by atoms with Crippen molar-refractivity contribution in [1.29, 1.82) is 0 Å². The summed E-state index contributed by atoms with van der Waals surface area (Å²) in [4.78, 5) is 0.285. The van der Waals surface area contributed by atoms with Crippen LogP contribution < -0.4 is 11.3 Å². The van der Waals surface area contributed by atoms with Crippen molar-refractivity contribution in [2.45, 2.75) is 25.2 Å². The van der Waals surface area contributed by atoms with E-state index in [0.717, 1.165) is 6.42 Å². The Morgan fingerprint density at radius 3 is 2.33 bits per heavy atom. The van der Waals surface area contributed by atoms with Crippen LogP contribution in [0.15, 0.2) is 29.2 Å². The molecule has 0 saturated carbocycles. The number of hydrogen-bond acceptors (Lipinski definition) is 4. The first-order chi connectivity index (χ1) is 8.41. The quantitative estimate of drug-likeness (QED) is 0.609. The predicted octanol–water partition coefficient (Wildman–Crippen LogP) is 1.64. The molecular weight excluding hydrogens is 250 g/mol. The summed E-state index contributed by atoms with van der Waals surface area (Å²) in [5.74, 6) is 5.59. The minimum atomic E-state index is -3.40. The molecule has 0 aliphatic carbocycles. The van der Waals surface area contributed by atoms with Crippen LogP contribution in [0.2, 0.25) is 0 Å². The standard InChI is InChI=1S/C12H21N3O2S/c1-4-10(2)9-15(3)18(16,17)12-7-5-11(14-13)6-8-12/h5-8,10,14H,4,9,13H2,1-3H3. The van der Waals surface area contributed by atoms with Crippen molar-refractivity contribution in [2.75, 3.05) is 19.0 Å². The maximum absolute atomic E-state index is 12.3. The fourth-order valence-electron chi connectivity index (χ4n) is 1.57. The first kappa shape index (κ1) is 14.9. The highest BCUT2D eigenvalue weighted by atomic mass is 32.2. The molecule has 1 atom stereocenters. The number of hydrazine groups is 1. The average Bonchev–Trinajstić information content (AvgIpc) is 2.38. The molecule has 1 unspecified atom stereocenters. The zero-order valence-corrected chi connectivity index (χ0v) is 11.9. The lowest BCUT2D eigenvalue weighted by Gasteiger charge is -2.20. The number of benzene rings is 1. The zero-order valence-electron chi connectivity index (χ0n) is 11.1. The molecule has 0 aromatic heterocycles. The molecule has 0 bridgehead atoms. The van der Waals surface area contributed by atoms with Gasteiger partial charge in [-0.05, 0) is 30.2 Å². The van der Waals surface area contributed by atoms with Gasteiger partial charge in [-0.1, -0.05) is 20.3 Å². The van der Waals surface area contributed by atoms with Crippen LogP contribution in [0, 0.1) is 5.92 Å². The number of nitrogens with one attached hydrogen (secondary N) is 1. The summed E-state index contributed by atoms with van der Waals surface area (Å²) in [7, 11) is -1.80. The molecule has 1 rings (SSSR count). The van der Waals surface area contributed by atoms with Crippen LogP contribution in [0.4, 0.5) is 5.69 Å². The van der Waals surface area contributed by atoms with Crippen LogP contribution in [0.3, 0.4) is 0 Å². The molecule has 3 N–H and O–H groups in total. The van der Waals surface area contributed by atoms with E-state index in [0.29, 0.717) is 18.2 Å². The first-order valence-corrected chi connectivity index (χ1v) is 7.38. The summed E-state index contributed by atoms with van der Waals surface area (Å²) < 4.78 is 25.9. The fraction of sp³-hybridized carbons (Fsp3) is 0.500.